The first-order chi connectivity index (χ1) is 15.1. The van der Waals surface area contributed by atoms with Gasteiger partial charge >= 0.3 is 6.09 Å². The number of anilines is 1. The van der Waals surface area contributed by atoms with Crippen LogP contribution in [-0.4, -0.2) is 39.4 Å². The molecule has 31 heavy (non-hydrogen) atoms. The molecule has 2 heterocycles. The molecule has 0 radical (unpaired) electrons. The number of nitrogens with one attached hydrogen (secondary N) is 1. The van der Waals surface area contributed by atoms with E-state index in [1.54, 1.807) is 0 Å². The summed E-state index contributed by atoms with van der Waals surface area (Å²) in [7, 11) is 0. The molecule has 0 bridgehead atoms. The van der Waals surface area contributed by atoms with Gasteiger partial charge in [0.05, 0.1) is 23.2 Å². The van der Waals surface area contributed by atoms with Gasteiger partial charge in [-0.3, -0.25) is 0 Å². The summed E-state index contributed by atoms with van der Waals surface area (Å²) < 4.78 is 13.1. The molecule has 8 nitrogen and oxygen atoms in total. The topological polar surface area (TPSA) is 104 Å². The molecule has 0 saturated heterocycles. The number of nitrogens with zero attached hydrogens (tertiary/aromatic N) is 3. The van der Waals surface area contributed by atoms with Gasteiger partial charge in [0.2, 0.25) is 0 Å². The smallest absolute Gasteiger partial charge is 0.407 e. The quantitative estimate of drug-likeness (QED) is 0.589. The largest absolute Gasteiger partial charge is 0.450 e. The van der Waals surface area contributed by atoms with Crippen LogP contribution < -0.4 is 11.1 Å². The number of hydrogen-bond donors (Lipinski definition) is 2. The van der Waals surface area contributed by atoms with Gasteiger partial charge in [-0.15, -0.1) is 0 Å². The van der Waals surface area contributed by atoms with E-state index >= 15 is 0 Å². The Morgan fingerprint density at radius 1 is 1.16 bits per heavy atom. The maximum atomic E-state index is 12.4. The highest BCUT2D eigenvalue weighted by molar-refractivity contribution is 6.06. The number of imidazole rings is 1. The summed E-state index contributed by atoms with van der Waals surface area (Å²) in [6.45, 7) is 5.66. The summed E-state index contributed by atoms with van der Waals surface area (Å²) in [5.41, 5.74) is 8.34. The fourth-order valence-corrected chi connectivity index (χ4v) is 4.62. The Hall–Kier alpha value is -2.87. The Balaban J connectivity index is 1.86. The number of nitrogens with two attached hydrogens (primary N) is 1. The molecule has 0 atom stereocenters. The fraction of sp³-hybridized carbons (Fsp3) is 0.522. The zero-order valence-corrected chi connectivity index (χ0v) is 18.3. The number of nitrogen functional groups attached to an aromatic ring is 1. The number of ether oxygens (including phenoxy) is 2. The van der Waals surface area contributed by atoms with Crippen LogP contribution >= 0.6 is 0 Å². The molecular formula is C23H31N5O3. The Labute approximate surface area is 182 Å². The van der Waals surface area contributed by atoms with Crippen LogP contribution in [0.3, 0.4) is 0 Å². The molecule has 1 fully saturated rings. The number of hydrogen-bond acceptors (Lipinski definition) is 6. The Morgan fingerprint density at radius 3 is 2.68 bits per heavy atom. The van der Waals surface area contributed by atoms with Gasteiger partial charge in [-0.1, -0.05) is 37.5 Å². The number of aromatic nitrogens is 3. The number of rotatable bonds is 7. The minimum Gasteiger partial charge on any atom is -0.450 e. The monoisotopic (exact) mass is 425 g/mol. The van der Waals surface area contributed by atoms with Gasteiger partial charge in [-0.2, -0.15) is 0 Å². The average Bonchev–Trinajstić information content (AvgIpc) is 3.12. The molecule has 0 spiro atoms. The van der Waals surface area contributed by atoms with E-state index in [0.717, 1.165) is 47.9 Å². The normalized spacial score (nSPS) is 15.9. The molecule has 1 aliphatic rings. The number of alkyl carbamates (subject to hydrolysis) is 1. The highest BCUT2D eigenvalue weighted by Crippen LogP contribution is 2.34. The minimum absolute atomic E-state index is 0.346. The Bertz CT molecular complexity index is 1070. The summed E-state index contributed by atoms with van der Waals surface area (Å²) in [4.78, 5) is 21.8. The number of carbonyl (C=O) groups is 1. The average molecular weight is 426 g/mol. The predicted octanol–water partition coefficient (Wildman–Crippen LogP) is 4.15. The SMILES string of the molecule is CCOCc1nc2c(N)nc3ccccc3c2n1CC1(NC(=O)OCC)CCCCC1. The van der Waals surface area contributed by atoms with E-state index in [1.165, 1.54) is 6.42 Å². The van der Waals surface area contributed by atoms with Gasteiger partial charge in [0.15, 0.2) is 5.82 Å². The zero-order chi connectivity index (χ0) is 21.8. The van der Waals surface area contributed by atoms with Crippen LogP contribution in [0.25, 0.3) is 21.9 Å². The van der Waals surface area contributed by atoms with Crippen molar-refractivity contribution in [2.45, 2.75) is 64.6 Å². The second-order valence-electron chi connectivity index (χ2n) is 8.15. The molecule has 1 saturated carbocycles. The number of amides is 1. The summed E-state index contributed by atoms with van der Waals surface area (Å²) in [6, 6.07) is 7.94. The van der Waals surface area contributed by atoms with Gasteiger partial charge in [0.25, 0.3) is 0 Å². The first kappa shape index (κ1) is 21.4. The predicted molar refractivity (Wildman–Crippen MR) is 121 cm³/mol. The van der Waals surface area contributed by atoms with Crippen LogP contribution in [0.4, 0.5) is 10.6 Å². The Kier molecular flexibility index (Phi) is 6.27. The van der Waals surface area contributed by atoms with Gasteiger partial charge < -0.3 is 25.1 Å². The van der Waals surface area contributed by atoms with E-state index in [0.29, 0.717) is 37.7 Å². The lowest BCUT2D eigenvalue weighted by molar-refractivity contribution is 0.114. The van der Waals surface area contributed by atoms with Crippen molar-refractivity contribution in [3.63, 3.8) is 0 Å². The van der Waals surface area contributed by atoms with Gasteiger partial charge in [0.1, 0.15) is 17.9 Å². The second-order valence-corrected chi connectivity index (χ2v) is 8.15. The third-order valence-electron chi connectivity index (χ3n) is 6.04. The van der Waals surface area contributed by atoms with Crippen LogP contribution in [0.15, 0.2) is 24.3 Å². The lowest BCUT2D eigenvalue weighted by atomic mass is 9.81. The molecular weight excluding hydrogens is 394 g/mol. The third kappa shape index (κ3) is 4.30. The molecule has 1 aromatic carbocycles. The lowest BCUT2D eigenvalue weighted by Crippen LogP contribution is -2.53. The van der Waals surface area contributed by atoms with Gasteiger partial charge in [-0.25, -0.2) is 14.8 Å². The van der Waals surface area contributed by atoms with E-state index in [-0.39, 0.29) is 6.09 Å². The number of carbonyl (C=O) groups excluding carboxylic acids is 1. The van der Waals surface area contributed by atoms with Crippen molar-refractivity contribution in [3.8, 4) is 0 Å². The molecule has 8 heteroatoms. The molecule has 0 unspecified atom stereocenters. The molecule has 0 aliphatic heterocycles. The molecule has 166 valence electrons. The molecule has 1 amide bonds. The van der Waals surface area contributed by atoms with Crippen LogP contribution in [0.1, 0.15) is 51.8 Å². The Morgan fingerprint density at radius 2 is 1.94 bits per heavy atom. The van der Waals surface area contributed by atoms with Crippen LogP contribution in [0, 0.1) is 0 Å². The summed E-state index contributed by atoms with van der Waals surface area (Å²) in [5, 5.41) is 4.17. The first-order valence-corrected chi connectivity index (χ1v) is 11.1. The van der Waals surface area contributed by atoms with E-state index in [2.05, 4.69) is 14.9 Å². The van der Waals surface area contributed by atoms with Crippen LogP contribution in [0.5, 0.6) is 0 Å². The van der Waals surface area contributed by atoms with Crippen LogP contribution in [-0.2, 0) is 22.6 Å². The highest BCUT2D eigenvalue weighted by Gasteiger charge is 2.36. The minimum atomic E-state index is -0.405. The van der Waals surface area contributed by atoms with Gasteiger partial charge in [-0.05, 0) is 32.8 Å². The number of para-hydroxylation sites is 1. The van der Waals surface area contributed by atoms with Crippen molar-refractivity contribution < 1.29 is 14.3 Å². The number of fused-ring (bicyclic) bond motifs is 3. The molecule has 1 aliphatic carbocycles. The van der Waals surface area contributed by atoms with E-state index in [1.807, 2.05) is 38.1 Å². The molecule has 3 N–H and O–H groups in total. The van der Waals surface area contributed by atoms with Crippen molar-refractivity contribution in [2.75, 3.05) is 18.9 Å². The molecule has 2 aromatic heterocycles. The standard InChI is InChI=1S/C23H31N5O3/c1-3-30-14-18-26-19-20(16-10-6-7-11-17(16)25-21(19)24)28(18)15-23(12-8-5-9-13-23)27-22(29)31-4-2/h6-7,10-11H,3-5,8-9,12-15H2,1-2H3,(H2,24,25)(H,27,29). The molecule has 4 rings (SSSR count). The fourth-order valence-electron chi connectivity index (χ4n) is 4.62. The molecule has 3 aromatic rings. The summed E-state index contributed by atoms with van der Waals surface area (Å²) >= 11 is 0. The lowest BCUT2D eigenvalue weighted by Gasteiger charge is -2.38. The second kappa shape index (κ2) is 9.09. The van der Waals surface area contributed by atoms with Crippen molar-refractivity contribution in [1.29, 1.82) is 0 Å². The summed E-state index contributed by atoms with van der Waals surface area (Å²) in [5.74, 6) is 1.19. The third-order valence-corrected chi connectivity index (χ3v) is 6.04. The van der Waals surface area contributed by atoms with Crippen molar-refractivity contribution in [2.24, 2.45) is 0 Å². The van der Waals surface area contributed by atoms with Crippen LogP contribution in [0.2, 0.25) is 0 Å². The van der Waals surface area contributed by atoms with Crippen molar-refractivity contribution >= 4 is 33.8 Å². The summed E-state index contributed by atoms with van der Waals surface area (Å²) in [6.07, 6.45) is 4.69. The van der Waals surface area contributed by atoms with Gasteiger partial charge in [0, 0.05) is 18.5 Å². The van der Waals surface area contributed by atoms with Crippen molar-refractivity contribution in [3.05, 3.63) is 30.1 Å². The van der Waals surface area contributed by atoms with Crippen molar-refractivity contribution in [1.82, 2.24) is 19.9 Å². The number of pyridine rings is 1. The van der Waals surface area contributed by atoms with E-state index < -0.39 is 5.54 Å². The number of benzene rings is 1. The van der Waals surface area contributed by atoms with E-state index in [4.69, 9.17) is 20.2 Å². The van der Waals surface area contributed by atoms with E-state index in [9.17, 15) is 4.79 Å². The first-order valence-electron chi connectivity index (χ1n) is 11.1. The zero-order valence-electron chi connectivity index (χ0n) is 18.3. The highest BCUT2D eigenvalue weighted by atomic mass is 16.5. The maximum Gasteiger partial charge on any atom is 0.407 e. The maximum absolute atomic E-state index is 12.4.